The molecule has 0 saturated heterocycles. The lowest BCUT2D eigenvalue weighted by atomic mass is 10.1. The summed E-state index contributed by atoms with van der Waals surface area (Å²) in [7, 11) is 1.29. The summed E-state index contributed by atoms with van der Waals surface area (Å²) in [6.45, 7) is 3.68. The van der Waals surface area contributed by atoms with Crippen LogP contribution in [0.3, 0.4) is 0 Å². The average molecular weight is 416 g/mol. The minimum Gasteiger partial charge on any atom is -0.465 e. The van der Waals surface area contributed by atoms with Gasteiger partial charge in [0.05, 0.1) is 36.3 Å². The Hall–Kier alpha value is -3.19. The highest BCUT2D eigenvalue weighted by molar-refractivity contribution is 6.31. The van der Waals surface area contributed by atoms with E-state index < -0.39 is 11.8 Å². The largest absolute Gasteiger partial charge is 0.465 e. The third-order valence-corrected chi connectivity index (χ3v) is 4.91. The van der Waals surface area contributed by atoms with E-state index in [0.29, 0.717) is 38.8 Å². The van der Waals surface area contributed by atoms with Crippen LogP contribution in [0.4, 0.5) is 10.1 Å². The second-order valence-corrected chi connectivity index (χ2v) is 6.83. The molecule has 0 radical (unpaired) electrons. The van der Waals surface area contributed by atoms with Gasteiger partial charge in [-0.15, -0.1) is 0 Å². The van der Waals surface area contributed by atoms with Gasteiger partial charge < -0.3 is 10.1 Å². The number of aromatic nitrogens is 2. The van der Waals surface area contributed by atoms with E-state index in [2.05, 4.69) is 15.2 Å². The highest BCUT2D eigenvalue weighted by atomic mass is 35.5. The van der Waals surface area contributed by atoms with E-state index in [0.717, 1.165) is 0 Å². The Kier molecular flexibility index (Phi) is 5.98. The standard InChI is InChI=1S/C21H19ClFN3O3/c1-12-19(24-20(27)14-7-9-15(10-8-14)21(28)29-3)13(2)26(25-12)11-16-17(22)5-4-6-18(16)23/h4-10H,11H2,1-3H3,(H,24,27). The first-order valence-corrected chi connectivity index (χ1v) is 9.16. The molecule has 0 saturated carbocycles. The number of rotatable bonds is 5. The molecule has 3 rings (SSSR count). The molecule has 0 aliphatic rings. The highest BCUT2D eigenvalue weighted by Gasteiger charge is 2.17. The number of anilines is 1. The van der Waals surface area contributed by atoms with Gasteiger partial charge >= 0.3 is 5.97 Å². The molecule has 1 N–H and O–H groups in total. The Labute approximate surface area is 172 Å². The third-order valence-electron chi connectivity index (χ3n) is 4.56. The monoisotopic (exact) mass is 415 g/mol. The first-order valence-electron chi connectivity index (χ1n) is 8.78. The lowest BCUT2D eigenvalue weighted by molar-refractivity contribution is 0.0600. The van der Waals surface area contributed by atoms with Crippen LogP contribution < -0.4 is 5.32 Å². The summed E-state index contributed by atoms with van der Waals surface area (Å²) in [5.74, 6) is -1.24. The maximum absolute atomic E-state index is 14.1. The van der Waals surface area contributed by atoms with Crippen molar-refractivity contribution in [1.82, 2.24) is 9.78 Å². The Morgan fingerprint density at radius 2 is 1.79 bits per heavy atom. The van der Waals surface area contributed by atoms with E-state index >= 15 is 0 Å². The number of nitrogens with zero attached hydrogens (tertiary/aromatic N) is 2. The molecule has 0 unspecified atom stereocenters. The zero-order valence-electron chi connectivity index (χ0n) is 16.1. The molecule has 3 aromatic rings. The topological polar surface area (TPSA) is 73.2 Å². The van der Waals surface area contributed by atoms with Gasteiger partial charge in [0.2, 0.25) is 0 Å². The first kappa shape index (κ1) is 20.5. The van der Waals surface area contributed by atoms with E-state index in [4.69, 9.17) is 11.6 Å². The van der Waals surface area contributed by atoms with Crippen molar-refractivity contribution < 1.29 is 18.7 Å². The molecule has 0 aliphatic carbocycles. The maximum Gasteiger partial charge on any atom is 0.337 e. The van der Waals surface area contributed by atoms with Crippen molar-refractivity contribution in [2.24, 2.45) is 0 Å². The summed E-state index contributed by atoms with van der Waals surface area (Å²) in [5.41, 5.74) is 2.86. The second-order valence-electron chi connectivity index (χ2n) is 6.43. The van der Waals surface area contributed by atoms with Crippen molar-refractivity contribution in [2.75, 3.05) is 12.4 Å². The third kappa shape index (κ3) is 4.30. The normalized spacial score (nSPS) is 10.7. The van der Waals surface area contributed by atoms with Crippen LogP contribution in [0.25, 0.3) is 0 Å². The molecule has 2 aromatic carbocycles. The zero-order valence-corrected chi connectivity index (χ0v) is 16.9. The summed E-state index contributed by atoms with van der Waals surface area (Å²) in [6.07, 6.45) is 0. The first-order chi connectivity index (χ1) is 13.8. The van der Waals surface area contributed by atoms with Crippen molar-refractivity contribution >= 4 is 29.2 Å². The van der Waals surface area contributed by atoms with Gasteiger partial charge in [0.1, 0.15) is 5.82 Å². The van der Waals surface area contributed by atoms with Gasteiger partial charge in [-0.3, -0.25) is 9.48 Å². The molecular weight excluding hydrogens is 397 g/mol. The Morgan fingerprint density at radius 1 is 1.14 bits per heavy atom. The number of ether oxygens (including phenoxy) is 1. The predicted molar refractivity (Wildman–Crippen MR) is 108 cm³/mol. The number of aryl methyl sites for hydroxylation is 1. The van der Waals surface area contributed by atoms with Crippen LogP contribution in [0.5, 0.6) is 0 Å². The number of hydrogen-bond donors (Lipinski definition) is 1. The lowest BCUT2D eigenvalue weighted by Gasteiger charge is -2.09. The number of hydrogen-bond acceptors (Lipinski definition) is 4. The minimum atomic E-state index is -0.475. The molecule has 0 spiro atoms. The van der Waals surface area contributed by atoms with Crippen molar-refractivity contribution in [3.8, 4) is 0 Å². The zero-order chi connectivity index (χ0) is 21.1. The number of amides is 1. The second kappa shape index (κ2) is 8.45. The van der Waals surface area contributed by atoms with Gasteiger partial charge in [0.15, 0.2) is 0 Å². The molecule has 150 valence electrons. The van der Waals surface area contributed by atoms with Crippen LogP contribution in [-0.4, -0.2) is 28.8 Å². The van der Waals surface area contributed by atoms with Crippen molar-refractivity contribution in [3.05, 3.63) is 81.4 Å². The van der Waals surface area contributed by atoms with E-state index in [1.807, 2.05) is 0 Å². The smallest absolute Gasteiger partial charge is 0.337 e. The number of carbonyl (C=O) groups is 2. The molecular formula is C21H19ClFN3O3. The molecule has 0 fully saturated rings. The number of methoxy groups -OCH3 is 1. The van der Waals surface area contributed by atoms with Gasteiger partial charge in [0, 0.05) is 16.1 Å². The molecule has 1 aromatic heterocycles. The predicted octanol–water partition coefficient (Wildman–Crippen LogP) is 4.38. The molecule has 0 bridgehead atoms. The SMILES string of the molecule is COC(=O)c1ccc(C(=O)Nc2c(C)nn(Cc3c(F)cccc3Cl)c2C)cc1. The number of halogens is 2. The van der Waals surface area contributed by atoms with Crippen LogP contribution in [0.15, 0.2) is 42.5 Å². The molecule has 0 atom stereocenters. The fraction of sp³-hybridized carbons (Fsp3) is 0.190. The maximum atomic E-state index is 14.1. The number of esters is 1. The fourth-order valence-corrected chi connectivity index (χ4v) is 3.15. The quantitative estimate of drug-likeness (QED) is 0.627. The summed E-state index contributed by atoms with van der Waals surface area (Å²) >= 11 is 6.10. The van der Waals surface area contributed by atoms with Crippen molar-refractivity contribution in [1.29, 1.82) is 0 Å². The number of benzene rings is 2. The van der Waals surface area contributed by atoms with E-state index in [-0.39, 0.29) is 12.5 Å². The minimum absolute atomic E-state index is 0.141. The molecule has 1 amide bonds. The van der Waals surface area contributed by atoms with E-state index in [1.54, 1.807) is 30.7 Å². The Morgan fingerprint density at radius 3 is 2.41 bits per heavy atom. The van der Waals surface area contributed by atoms with Gasteiger partial charge in [-0.05, 0) is 50.2 Å². The van der Waals surface area contributed by atoms with Crippen LogP contribution in [0.2, 0.25) is 5.02 Å². The van der Waals surface area contributed by atoms with Gasteiger partial charge in [0.25, 0.3) is 5.91 Å². The average Bonchev–Trinajstić information content (AvgIpc) is 2.97. The van der Waals surface area contributed by atoms with Crippen LogP contribution >= 0.6 is 11.6 Å². The Balaban J connectivity index is 1.81. The Bertz CT molecular complexity index is 1060. The summed E-state index contributed by atoms with van der Waals surface area (Å²) in [6, 6.07) is 10.6. The van der Waals surface area contributed by atoms with Crippen molar-refractivity contribution in [2.45, 2.75) is 20.4 Å². The lowest BCUT2D eigenvalue weighted by Crippen LogP contribution is -2.14. The number of nitrogens with one attached hydrogen (secondary N) is 1. The summed E-state index contributed by atoms with van der Waals surface area (Å²) < 4.78 is 20.3. The summed E-state index contributed by atoms with van der Waals surface area (Å²) in [5, 5.41) is 7.54. The molecule has 8 heteroatoms. The van der Waals surface area contributed by atoms with Gasteiger partial charge in [-0.1, -0.05) is 17.7 Å². The molecule has 0 aliphatic heterocycles. The number of carbonyl (C=O) groups excluding carboxylic acids is 2. The summed E-state index contributed by atoms with van der Waals surface area (Å²) in [4.78, 5) is 24.1. The molecule has 29 heavy (non-hydrogen) atoms. The van der Waals surface area contributed by atoms with E-state index in [9.17, 15) is 14.0 Å². The molecule has 1 heterocycles. The molecule has 6 nitrogen and oxygen atoms in total. The van der Waals surface area contributed by atoms with Crippen LogP contribution in [-0.2, 0) is 11.3 Å². The van der Waals surface area contributed by atoms with Gasteiger partial charge in [-0.25, -0.2) is 9.18 Å². The van der Waals surface area contributed by atoms with Crippen LogP contribution in [0.1, 0.15) is 37.7 Å². The van der Waals surface area contributed by atoms with Crippen LogP contribution in [0, 0.1) is 19.7 Å². The van der Waals surface area contributed by atoms with E-state index in [1.165, 1.54) is 37.4 Å². The fourth-order valence-electron chi connectivity index (χ4n) is 2.93. The highest BCUT2D eigenvalue weighted by Crippen LogP contribution is 2.25. The van der Waals surface area contributed by atoms with Crippen molar-refractivity contribution in [3.63, 3.8) is 0 Å². The van der Waals surface area contributed by atoms with Gasteiger partial charge in [-0.2, -0.15) is 5.10 Å².